The van der Waals surface area contributed by atoms with Crippen LogP contribution in [0.3, 0.4) is 0 Å². The molecule has 1 saturated heterocycles. The molecule has 0 spiro atoms. The molecule has 3 aromatic rings. The Morgan fingerprint density at radius 1 is 0.963 bits per heavy atom. The maximum atomic E-state index is 5.71. The highest BCUT2D eigenvalue weighted by Gasteiger charge is 2.18. The minimum atomic E-state index is 0.587. The Morgan fingerprint density at radius 3 is 2.56 bits per heavy atom. The van der Waals surface area contributed by atoms with E-state index in [2.05, 4.69) is 40.9 Å². The van der Waals surface area contributed by atoms with Gasteiger partial charge in [-0.3, -0.25) is 0 Å². The number of nitrogens with one attached hydrogen (secondary N) is 1. The summed E-state index contributed by atoms with van der Waals surface area (Å²) in [5, 5.41) is 0. The van der Waals surface area contributed by atoms with E-state index >= 15 is 0 Å². The number of H-pyrrole nitrogens is 1. The number of hydrogen-bond acceptors (Lipinski definition) is 5. The number of fused-ring (bicyclic) bond motifs is 2. The predicted octanol–water partition coefficient (Wildman–Crippen LogP) is 3.06. The van der Waals surface area contributed by atoms with Crippen molar-refractivity contribution >= 4 is 16.7 Å². The Kier molecular flexibility index (Phi) is 3.93. The van der Waals surface area contributed by atoms with E-state index < -0.39 is 0 Å². The number of aryl methyl sites for hydroxylation is 1. The number of rotatable bonds is 2. The van der Waals surface area contributed by atoms with Crippen molar-refractivity contribution in [2.24, 2.45) is 0 Å². The van der Waals surface area contributed by atoms with E-state index in [0.717, 1.165) is 60.1 Å². The molecule has 1 aromatic heterocycles. The molecule has 0 amide bonds. The first kappa shape index (κ1) is 16.4. The van der Waals surface area contributed by atoms with Gasteiger partial charge in [0, 0.05) is 37.4 Å². The van der Waals surface area contributed by atoms with Gasteiger partial charge in [0.15, 0.2) is 11.5 Å². The van der Waals surface area contributed by atoms with Crippen LogP contribution in [0, 0.1) is 6.92 Å². The summed E-state index contributed by atoms with van der Waals surface area (Å²) in [6.07, 6.45) is 0. The molecule has 27 heavy (non-hydrogen) atoms. The van der Waals surface area contributed by atoms with E-state index in [4.69, 9.17) is 14.5 Å². The number of benzene rings is 2. The summed E-state index contributed by atoms with van der Waals surface area (Å²) in [4.78, 5) is 13.2. The van der Waals surface area contributed by atoms with Crippen LogP contribution in [0.1, 0.15) is 5.56 Å². The van der Waals surface area contributed by atoms with Crippen molar-refractivity contribution in [3.05, 3.63) is 35.9 Å². The molecule has 0 aliphatic carbocycles. The second-order valence-electron chi connectivity index (χ2n) is 7.39. The first-order valence-corrected chi connectivity index (χ1v) is 9.51. The average molecular weight is 364 g/mol. The third kappa shape index (κ3) is 3.00. The van der Waals surface area contributed by atoms with Crippen molar-refractivity contribution in [1.29, 1.82) is 0 Å². The maximum absolute atomic E-state index is 5.71. The summed E-state index contributed by atoms with van der Waals surface area (Å²) < 4.78 is 11.3. The normalized spacial score (nSPS) is 17.5. The van der Waals surface area contributed by atoms with Crippen molar-refractivity contribution in [3.8, 4) is 22.9 Å². The summed E-state index contributed by atoms with van der Waals surface area (Å²) in [7, 11) is 2.18. The highest BCUT2D eigenvalue weighted by atomic mass is 16.6. The lowest BCUT2D eigenvalue weighted by molar-refractivity contribution is 0.171. The molecule has 2 aromatic carbocycles. The fourth-order valence-corrected chi connectivity index (χ4v) is 3.85. The maximum Gasteiger partial charge on any atom is 0.162 e. The number of piperazine rings is 1. The van der Waals surface area contributed by atoms with E-state index in [9.17, 15) is 0 Å². The van der Waals surface area contributed by atoms with Crippen LogP contribution in [0.15, 0.2) is 30.3 Å². The molecule has 0 atom stereocenters. The average Bonchev–Trinajstić information content (AvgIpc) is 3.13. The summed E-state index contributed by atoms with van der Waals surface area (Å²) in [6, 6.07) is 10.5. The number of anilines is 1. The molecule has 140 valence electrons. The van der Waals surface area contributed by atoms with Crippen LogP contribution >= 0.6 is 0 Å². The van der Waals surface area contributed by atoms with Crippen LogP contribution in [0.4, 0.5) is 5.69 Å². The van der Waals surface area contributed by atoms with E-state index in [-0.39, 0.29) is 0 Å². The van der Waals surface area contributed by atoms with Crippen LogP contribution in [0.5, 0.6) is 11.5 Å². The molecule has 5 rings (SSSR count). The third-order valence-corrected chi connectivity index (χ3v) is 5.45. The molecule has 0 unspecified atom stereocenters. The van der Waals surface area contributed by atoms with Gasteiger partial charge in [-0.25, -0.2) is 4.98 Å². The Morgan fingerprint density at radius 2 is 1.74 bits per heavy atom. The predicted molar refractivity (Wildman–Crippen MR) is 107 cm³/mol. The topological polar surface area (TPSA) is 53.6 Å². The zero-order chi connectivity index (χ0) is 18.4. The van der Waals surface area contributed by atoms with E-state index in [1.54, 1.807) is 0 Å². The lowest BCUT2D eigenvalue weighted by Crippen LogP contribution is -2.44. The van der Waals surface area contributed by atoms with Crippen molar-refractivity contribution in [1.82, 2.24) is 14.9 Å². The molecule has 0 radical (unpaired) electrons. The lowest BCUT2D eigenvalue weighted by Gasteiger charge is -2.34. The second kappa shape index (κ2) is 6.46. The van der Waals surface area contributed by atoms with Crippen molar-refractivity contribution in [2.75, 3.05) is 51.3 Å². The zero-order valence-corrected chi connectivity index (χ0v) is 15.8. The molecular formula is C21H24N4O2. The molecule has 1 N–H and O–H groups in total. The molecule has 6 heteroatoms. The van der Waals surface area contributed by atoms with Gasteiger partial charge in [-0.2, -0.15) is 0 Å². The number of ether oxygens (including phenoxy) is 2. The number of nitrogens with zero attached hydrogens (tertiary/aromatic N) is 3. The first-order valence-electron chi connectivity index (χ1n) is 9.51. The standard InChI is InChI=1S/C21H24N4O2/c1-14-11-16(25-7-5-24(2)6-8-25)13-17-20(14)23-21(22-17)15-3-4-18-19(12-15)27-10-9-26-18/h3-4,11-13H,5-10H2,1-2H3,(H,22,23). The van der Waals surface area contributed by atoms with E-state index in [1.165, 1.54) is 11.3 Å². The Labute approximate surface area is 158 Å². The van der Waals surface area contributed by atoms with Crippen LogP contribution < -0.4 is 14.4 Å². The van der Waals surface area contributed by atoms with Gasteiger partial charge in [-0.1, -0.05) is 0 Å². The number of hydrogen-bond donors (Lipinski definition) is 1. The van der Waals surface area contributed by atoms with Gasteiger partial charge in [-0.15, -0.1) is 0 Å². The quantitative estimate of drug-likeness (QED) is 0.757. The molecule has 2 aliphatic rings. The first-order chi connectivity index (χ1) is 13.2. The monoisotopic (exact) mass is 364 g/mol. The molecule has 2 aliphatic heterocycles. The van der Waals surface area contributed by atoms with Crippen LogP contribution in [0.25, 0.3) is 22.4 Å². The number of likely N-dealkylation sites (N-methyl/N-ethyl adjacent to an activating group) is 1. The third-order valence-electron chi connectivity index (χ3n) is 5.45. The van der Waals surface area contributed by atoms with Crippen LogP contribution in [-0.4, -0.2) is 61.3 Å². The molecule has 0 saturated carbocycles. The summed E-state index contributed by atoms with van der Waals surface area (Å²) in [5.41, 5.74) is 5.58. The minimum absolute atomic E-state index is 0.587. The van der Waals surface area contributed by atoms with E-state index in [1.807, 2.05) is 18.2 Å². The van der Waals surface area contributed by atoms with Gasteiger partial charge < -0.3 is 24.3 Å². The smallest absolute Gasteiger partial charge is 0.162 e. The van der Waals surface area contributed by atoms with Gasteiger partial charge in [-0.05, 0) is 49.9 Å². The number of aromatic amines is 1. The van der Waals surface area contributed by atoms with Gasteiger partial charge >= 0.3 is 0 Å². The molecule has 6 nitrogen and oxygen atoms in total. The lowest BCUT2D eigenvalue weighted by atomic mass is 10.1. The molecule has 1 fully saturated rings. The summed E-state index contributed by atoms with van der Waals surface area (Å²) in [5.74, 6) is 2.45. The minimum Gasteiger partial charge on any atom is -0.486 e. The Bertz CT molecular complexity index is 989. The van der Waals surface area contributed by atoms with Gasteiger partial charge in [0.05, 0.1) is 11.0 Å². The van der Waals surface area contributed by atoms with Crippen molar-refractivity contribution < 1.29 is 9.47 Å². The van der Waals surface area contributed by atoms with Crippen molar-refractivity contribution in [3.63, 3.8) is 0 Å². The Hall–Kier alpha value is -2.73. The molecule has 3 heterocycles. The fourth-order valence-electron chi connectivity index (χ4n) is 3.85. The van der Waals surface area contributed by atoms with Gasteiger partial charge in [0.25, 0.3) is 0 Å². The van der Waals surface area contributed by atoms with Crippen LogP contribution in [-0.2, 0) is 0 Å². The largest absolute Gasteiger partial charge is 0.486 e. The summed E-state index contributed by atoms with van der Waals surface area (Å²) >= 11 is 0. The summed E-state index contributed by atoms with van der Waals surface area (Å²) in [6.45, 7) is 7.64. The number of aromatic nitrogens is 2. The van der Waals surface area contributed by atoms with Gasteiger partial charge in [0.2, 0.25) is 0 Å². The zero-order valence-electron chi connectivity index (χ0n) is 15.8. The second-order valence-corrected chi connectivity index (χ2v) is 7.39. The highest BCUT2D eigenvalue weighted by molar-refractivity contribution is 5.86. The molecular weight excluding hydrogens is 340 g/mol. The number of imidazole rings is 1. The van der Waals surface area contributed by atoms with Gasteiger partial charge in [0.1, 0.15) is 19.0 Å². The highest BCUT2D eigenvalue weighted by Crippen LogP contribution is 2.35. The fraction of sp³-hybridized carbons (Fsp3) is 0.381. The van der Waals surface area contributed by atoms with E-state index in [0.29, 0.717) is 13.2 Å². The Balaban J connectivity index is 1.51. The SMILES string of the molecule is Cc1cc(N2CCN(C)CC2)cc2[nH]c(-c3ccc4c(c3)OCCO4)nc12. The van der Waals surface area contributed by atoms with Crippen molar-refractivity contribution in [2.45, 2.75) is 6.92 Å². The molecule has 0 bridgehead atoms. The van der Waals surface area contributed by atoms with Crippen LogP contribution in [0.2, 0.25) is 0 Å².